The second-order valence-corrected chi connectivity index (χ2v) is 6.57. The molecule has 2 heterocycles. The third-order valence-electron chi connectivity index (χ3n) is 3.94. The summed E-state index contributed by atoms with van der Waals surface area (Å²) in [6.45, 7) is 1.97. The molecule has 0 amide bonds. The molecule has 0 fully saturated rings. The number of anilines is 2. The van der Waals surface area contributed by atoms with Crippen molar-refractivity contribution in [1.29, 1.82) is 0 Å². The van der Waals surface area contributed by atoms with E-state index in [9.17, 15) is 0 Å². The molecule has 0 atom stereocenters. The Kier molecular flexibility index (Phi) is 4.41. The van der Waals surface area contributed by atoms with Crippen LogP contribution in [0.2, 0.25) is 10.0 Å². The van der Waals surface area contributed by atoms with E-state index in [1.807, 2.05) is 49.4 Å². The molecule has 128 valence electrons. The van der Waals surface area contributed by atoms with Gasteiger partial charge in [-0.15, -0.1) is 10.2 Å². The van der Waals surface area contributed by atoms with E-state index in [0.29, 0.717) is 21.5 Å². The van der Waals surface area contributed by atoms with E-state index >= 15 is 0 Å². The maximum atomic E-state index is 6.33. The number of halogens is 2. The molecule has 0 saturated carbocycles. The maximum absolute atomic E-state index is 6.33. The van der Waals surface area contributed by atoms with Crippen molar-refractivity contribution in [2.75, 3.05) is 5.32 Å². The zero-order valence-corrected chi connectivity index (χ0v) is 15.3. The third kappa shape index (κ3) is 3.19. The van der Waals surface area contributed by atoms with Gasteiger partial charge in [0.1, 0.15) is 5.52 Å². The van der Waals surface area contributed by atoms with Crippen molar-refractivity contribution in [2.45, 2.75) is 6.92 Å². The lowest BCUT2D eigenvalue weighted by Gasteiger charge is -2.10. The Hall–Kier alpha value is -2.76. The van der Waals surface area contributed by atoms with Crippen LogP contribution in [0.25, 0.3) is 22.2 Å². The van der Waals surface area contributed by atoms with Crippen molar-refractivity contribution < 1.29 is 0 Å². The molecule has 7 heteroatoms. The summed E-state index contributed by atoms with van der Waals surface area (Å²) in [5.74, 6) is 0.426. The Balaban J connectivity index is 1.78. The molecular formula is C19H13Cl2N5. The van der Waals surface area contributed by atoms with Crippen molar-refractivity contribution in [1.82, 2.24) is 20.2 Å². The summed E-state index contributed by atoms with van der Waals surface area (Å²) in [5, 5.41) is 12.8. The van der Waals surface area contributed by atoms with E-state index in [1.165, 1.54) is 0 Å². The highest BCUT2D eigenvalue weighted by molar-refractivity contribution is 6.39. The summed E-state index contributed by atoms with van der Waals surface area (Å²) in [6, 6.07) is 13.0. The molecule has 0 aliphatic rings. The molecule has 0 bridgehead atoms. The highest BCUT2D eigenvalue weighted by atomic mass is 35.5. The van der Waals surface area contributed by atoms with Gasteiger partial charge in [-0.2, -0.15) is 0 Å². The first-order valence-corrected chi connectivity index (χ1v) is 8.64. The lowest BCUT2D eigenvalue weighted by Crippen LogP contribution is -2.01. The van der Waals surface area contributed by atoms with Gasteiger partial charge < -0.3 is 5.32 Å². The van der Waals surface area contributed by atoms with Gasteiger partial charge in [0.2, 0.25) is 5.95 Å². The molecule has 2 aromatic heterocycles. The predicted octanol–water partition coefficient (Wildman–Crippen LogP) is 5.45. The molecule has 26 heavy (non-hydrogen) atoms. The minimum Gasteiger partial charge on any atom is -0.323 e. The van der Waals surface area contributed by atoms with Crippen LogP contribution in [0.15, 0.2) is 54.9 Å². The normalized spacial score (nSPS) is 10.9. The Bertz CT molecular complexity index is 1080. The predicted molar refractivity (Wildman–Crippen MR) is 105 cm³/mol. The van der Waals surface area contributed by atoms with Crippen LogP contribution in [0.5, 0.6) is 0 Å². The van der Waals surface area contributed by atoms with Gasteiger partial charge >= 0.3 is 0 Å². The van der Waals surface area contributed by atoms with Crippen molar-refractivity contribution in [3.8, 4) is 11.1 Å². The van der Waals surface area contributed by atoms with E-state index in [0.717, 1.165) is 27.9 Å². The standard InChI is InChI=1S/C19H13Cl2N5/c1-11-9-12(17-14(20)3-2-4-15(17)21)10-16-18(11)24-19(26-25-16)23-13-5-7-22-8-6-13/h2-10H,1H3,(H,22,23,24,26). The smallest absolute Gasteiger partial charge is 0.247 e. The van der Waals surface area contributed by atoms with Crippen molar-refractivity contribution in [3.63, 3.8) is 0 Å². The summed E-state index contributed by atoms with van der Waals surface area (Å²) in [6.07, 6.45) is 3.39. The molecular weight excluding hydrogens is 369 g/mol. The first-order valence-electron chi connectivity index (χ1n) is 7.88. The van der Waals surface area contributed by atoms with Crippen LogP contribution >= 0.6 is 23.2 Å². The number of fused-ring (bicyclic) bond motifs is 1. The van der Waals surface area contributed by atoms with Crippen LogP contribution in [-0.2, 0) is 0 Å². The van der Waals surface area contributed by atoms with Gasteiger partial charge in [0.25, 0.3) is 0 Å². The SMILES string of the molecule is Cc1cc(-c2c(Cl)cccc2Cl)cc2nnc(Nc3ccncc3)nc12. The third-order valence-corrected chi connectivity index (χ3v) is 4.57. The number of hydrogen-bond acceptors (Lipinski definition) is 5. The molecule has 2 aromatic carbocycles. The van der Waals surface area contributed by atoms with Crippen LogP contribution in [0, 0.1) is 6.92 Å². The average molecular weight is 382 g/mol. The highest BCUT2D eigenvalue weighted by Gasteiger charge is 2.12. The van der Waals surface area contributed by atoms with Crippen LogP contribution in [0.4, 0.5) is 11.6 Å². The number of aryl methyl sites for hydroxylation is 1. The molecule has 5 nitrogen and oxygen atoms in total. The second kappa shape index (κ2) is 6.86. The molecule has 0 unspecified atom stereocenters. The number of aromatic nitrogens is 4. The van der Waals surface area contributed by atoms with Crippen molar-refractivity contribution in [2.24, 2.45) is 0 Å². The van der Waals surface area contributed by atoms with E-state index in [4.69, 9.17) is 23.2 Å². The summed E-state index contributed by atoms with van der Waals surface area (Å²) >= 11 is 12.7. The first kappa shape index (κ1) is 16.7. The minimum absolute atomic E-state index is 0.426. The summed E-state index contributed by atoms with van der Waals surface area (Å²) in [7, 11) is 0. The Morgan fingerprint density at radius 1 is 0.923 bits per heavy atom. The van der Waals surface area contributed by atoms with E-state index < -0.39 is 0 Å². The molecule has 1 N–H and O–H groups in total. The number of hydrogen-bond donors (Lipinski definition) is 1. The van der Waals surface area contributed by atoms with Crippen molar-refractivity contribution >= 4 is 45.9 Å². The van der Waals surface area contributed by atoms with Gasteiger partial charge in [0.15, 0.2) is 0 Å². The molecule has 0 saturated heterocycles. The molecule has 4 rings (SSSR count). The number of benzene rings is 2. The van der Waals surface area contributed by atoms with E-state index in [-0.39, 0.29) is 0 Å². The van der Waals surface area contributed by atoms with E-state index in [2.05, 4.69) is 25.5 Å². The average Bonchev–Trinajstić information content (AvgIpc) is 2.63. The second-order valence-electron chi connectivity index (χ2n) is 5.75. The topological polar surface area (TPSA) is 63.6 Å². The fraction of sp³-hybridized carbons (Fsp3) is 0.0526. The highest BCUT2D eigenvalue weighted by Crippen LogP contribution is 2.36. The summed E-state index contributed by atoms with van der Waals surface area (Å²) in [5.41, 5.74) is 4.91. The fourth-order valence-electron chi connectivity index (χ4n) is 2.75. The number of nitrogens with one attached hydrogen (secondary N) is 1. The minimum atomic E-state index is 0.426. The van der Waals surface area contributed by atoms with Crippen molar-refractivity contribution in [3.05, 3.63) is 70.5 Å². The zero-order valence-electron chi connectivity index (χ0n) is 13.7. The lowest BCUT2D eigenvalue weighted by atomic mass is 10.0. The van der Waals surface area contributed by atoms with Crippen LogP contribution in [-0.4, -0.2) is 20.2 Å². The Labute approximate surface area is 160 Å². The molecule has 0 aliphatic carbocycles. The Morgan fingerprint density at radius 3 is 2.38 bits per heavy atom. The monoisotopic (exact) mass is 381 g/mol. The van der Waals surface area contributed by atoms with Gasteiger partial charge in [0, 0.05) is 33.7 Å². The van der Waals surface area contributed by atoms with Gasteiger partial charge in [-0.1, -0.05) is 29.3 Å². The quantitative estimate of drug-likeness (QED) is 0.511. The van der Waals surface area contributed by atoms with Crippen LogP contribution in [0.1, 0.15) is 5.56 Å². The van der Waals surface area contributed by atoms with Gasteiger partial charge in [0.05, 0.1) is 5.52 Å². The fourth-order valence-corrected chi connectivity index (χ4v) is 3.36. The molecule has 0 spiro atoms. The molecule has 4 aromatic rings. The van der Waals surface area contributed by atoms with E-state index in [1.54, 1.807) is 12.4 Å². The Morgan fingerprint density at radius 2 is 1.65 bits per heavy atom. The number of pyridine rings is 1. The summed E-state index contributed by atoms with van der Waals surface area (Å²) < 4.78 is 0. The van der Waals surface area contributed by atoms with Gasteiger partial charge in [-0.25, -0.2) is 4.98 Å². The maximum Gasteiger partial charge on any atom is 0.247 e. The molecule has 0 radical (unpaired) electrons. The van der Waals surface area contributed by atoms with Gasteiger partial charge in [-0.3, -0.25) is 4.98 Å². The van der Waals surface area contributed by atoms with Gasteiger partial charge in [-0.05, 0) is 54.4 Å². The molecule has 0 aliphatic heterocycles. The van der Waals surface area contributed by atoms with Crippen LogP contribution < -0.4 is 5.32 Å². The van der Waals surface area contributed by atoms with Crippen LogP contribution in [0.3, 0.4) is 0 Å². The zero-order chi connectivity index (χ0) is 18.1. The number of rotatable bonds is 3. The largest absolute Gasteiger partial charge is 0.323 e. The summed E-state index contributed by atoms with van der Waals surface area (Å²) in [4.78, 5) is 8.56. The lowest BCUT2D eigenvalue weighted by molar-refractivity contribution is 1.03. The number of nitrogens with zero attached hydrogens (tertiary/aromatic N) is 4. The first-order chi connectivity index (χ1) is 12.6.